The lowest BCUT2D eigenvalue weighted by atomic mass is 10.4. The molecule has 0 heterocycles. The van der Waals surface area contributed by atoms with Gasteiger partial charge in [-0.2, -0.15) is 0 Å². The smallest absolute Gasteiger partial charge is 0.119 e. The molecule has 0 radical (unpaired) electrons. The molecule has 0 aliphatic heterocycles. The molecule has 0 saturated carbocycles. The molecule has 0 saturated heterocycles. The highest BCUT2D eigenvalue weighted by atomic mass is 127. The van der Waals surface area contributed by atoms with Crippen LogP contribution in [0.2, 0.25) is 0 Å². The maximum absolute atomic E-state index is 4.94. The molecular weight excluding hydrogens is 465 g/mol. The van der Waals surface area contributed by atoms with Crippen molar-refractivity contribution in [1.82, 2.24) is 0 Å². The van der Waals surface area contributed by atoms with Crippen LogP contribution in [0.1, 0.15) is 0 Å². The van der Waals surface area contributed by atoms with Crippen LogP contribution in [0.15, 0.2) is 0 Å². The average molecular weight is 470 g/mol. The van der Waals surface area contributed by atoms with Crippen molar-refractivity contribution in [2.24, 2.45) is 0 Å². The van der Waals surface area contributed by atoms with Crippen LogP contribution in [0.25, 0.3) is 0 Å². The lowest BCUT2D eigenvalue weighted by Gasteiger charge is -2.07. The van der Waals surface area contributed by atoms with Gasteiger partial charge in [0.1, 0.15) is 75.1 Å². The first-order valence-electron chi connectivity index (χ1n) is 2.09. The summed E-state index contributed by atoms with van der Waals surface area (Å²) >= 11 is 5.48. The Balaban J connectivity index is 3.18. The highest BCUT2D eigenvalue weighted by Gasteiger charge is 2.06. The second kappa shape index (κ2) is 8.17. The van der Waals surface area contributed by atoms with Gasteiger partial charge in [0.15, 0.2) is 0 Å². The third-order valence-corrected chi connectivity index (χ3v) is 2.06. The van der Waals surface area contributed by atoms with Crippen LogP contribution in [0, 0.1) is 0 Å². The molecule has 6 heteroatoms. The van der Waals surface area contributed by atoms with Gasteiger partial charge in [-0.3, -0.25) is 0 Å². The third kappa shape index (κ3) is 6.47. The fourth-order valence-electron chi connectivity index (χ4n) is 0.240. The van der Waals surface area contributed by atoms with E-state index in [1.807, 2.05) is 69.0 Å². The molecule has 0 amide bonds. The van der Waals surface area contributed by atoms with E-state index in [0.717, 1.165) is 0 Å². The number of halogens is 3. The molecule has 0 rings (SSSR count). The van der Waals surface area contributed by atoms with E-state index in [1.54, 1.807) is 0 Å². The topological polar surface area (TPSA) is 27.7 Å². The molecule has 3 nitrogen and oxygen atoms in total. The summed E-state index contributed by atoms with van der Waals surface area (Å²) in [5.41, 5.74) is 0. The number of hydrogen-bond donors (Lipinski definition) is 0. The Kier molecular flexibility index (Phi) is 10.0. The van der Waals surface area contributed by atoms with Crippen LogP contribution >= 0.6 is 69.0 Å². The molecule has 0 aromatic carbocycles. The van der Waals surface area contributed by atoms with E-state index < -0.39 is 0 Å². The average Bonchev–Trinajstić information content (AvgIpc) is 1.88. The van der Waals surface area contributed by atoms with Crippen LogP contribution in [0.4, 0.5) is 0 Å². The molecule has 0 unspecified atom stereocenters. The molecule has 56 valence electrons. The van der Waals surface area contributed by atoms with Gasteiger partial charge in [0.05, 0.1) is 13.2 Å². The Morgan fingerprint density at radius 1 is 1.00 bits per heavy atom. The van der Waals surface area contributed by atoms with Crippen molar-refractivity contribution >= 4 is 69.0 Å². The Morgan fingerprint density at radius 2 is 1.44 bits per heavy atom. The Bertz CT molecular complexity index is 56.3. The first-order chi connectivity index (χ1) is 4.35. The zero-order chi connectivity index (χ0) is 7.11. The van der Waals surface area contributed by atoms with Gasteiger partial charge in [0, 0.05) is 0 Å². The number of hydrogen-bond acceptors (Lipinski definition) is 3. The zero-order valence-electron chi connectivity index (χ0n) is 4.35. The van der Waals surface area contributed by atoms with Crippen LogP contribution in [0.5, 0.6) is 0 Å². The maximum atomic E-state index is 4.94. The minimum Gasteiger partial charge on any atom is -0.313 e. The zero-order valence-corrected chi connectivity index (χ0v) is 10.8. The molecule has 0 aliphatic rings. The van der Waals surface area contributed by atoms with E-state index in [0.29, 0.717) is 13.2 Å². The van der Waals surface area contributed by atoms with Crippen molar-refractivity contribution in [3.63, 3.8) is 0 Å². The summed E-state index contributed by atoms with van der Waals surface area (Å²) in [5.74, 6) is 0. The van der Waals surface area contributed by atoms with Crippen molar-refractivity contribution in [1.29, 1.82) is 0 Å². The third-order valence-electron chi connectivity index (χ3n) is 0.624. The first kappa shape index (κ1) is 11.1. The summed E-state index contributed by atoms with van der Waals surface area (Å²) in [5, 5.41) is 0. The standard InChI is InChI=1S/C3H5I3O3/c4-7-1-3(9-6)2-8-5/h3H,1-2H2. The van der Waals surface area contributed by atoms with Gasteiger partial charge in [-0.25, -0.2) is 0 Å². The fourth-order valence-corrected chi connectivity index (χ4v) is 1.34. The summed E-state index contributed by atoms with van der Waals surface area (Å²) in [6.45, 7) is 1.12. The molecule has 0 bridgehead atoms. The summed E-state index contributed by atoms with van der Waals surface area (Å²) in [6, 6.07) is 0. The van der Waals surface area contributed by atoms with Crippen molar-refractivity contribution in [3.8, 4) is 0 Å². The number of rotatable bonds is 5. The van der Waals surface area contributed by atoms with Crippen LogP contribution in [-0.4, -0.2) is 19.3 Å². The Morgan fingerprint density at radius 3 is 1.67 bits per heavy atom. The molecule has 0 aromatic heterocycles. The van der Waals surface area contributed by atoms with E-state index in [9.17, 15) is 0 Å². The Labute approximate surface area is 96.3 Å². The van der Waals surface area contributed by atoms with Crippen LogP contribution < -0.4 is 0 Å². The first-order valence-corrected chi connectivity index (χ1v) is 4.73. The van der Waals surface area contributed by atoms with E-state index in [1.165, 1.54) is 0 Å². The van der Waals surface area contributed by atoms with Gasteiger partial charge >= 0.3 is 0 Å². The lowest BCUT2D eigenvalue weighted by molar-refractivity contribution is 0.159. The minimum absolute atomic E-state index is 0.0411. The fraction of sp³-hybridized carbons (Fsp3) is 1.00. The molecule has 0 N–H and O–H groups in total. The molecule has 0 aliphatic carbocycles. The molecular formula is C3H5I3O3. The molecule has 0 fully saturated rings. The molecule has 0 atom stereocenters. The van der Waals surface area contributed by atoms with Gasteiger partial charge < -0.3 is 9.20 Å². The normalized spacial score (nSPS) is 10.7. The second-order valence-electron chi connectivity index (χ2n) is 1.26. The maximum Gasteiger partial charge on any atom is 0.119 e. The quantitative estimate of drug-likeness (QED) is 0.579. The van der Waals surface area contributed by atoms with Crippen molar-refractivity contribution in [2.45, 2.75) is 6.10 Å². The summed E-state index contributed by atoms with van der Waals surface area (Å²) < 4.78 is 14.6. The van der Waals surface area contributed by atoms with Crippen molar-refractivity contribution in [3.05, 3.63) is 0 Å². The van der Waals surface area contributed by atoms with Gasteiger partial charge in [-0.1, -0.05) is 0 Å². The van der Waals surface area contributed by atoms with Gasteiger partial charge in [0.2, 0.25) is 0 Å². The van der Waals surface area contributed by atoms with E-state index in [4.69, 9.17) is 9.20 Å². The molecule has 0 spiro atoms. The highest BCUT2D eigenvalue weighted by Crippen LogP contribution is 2.03. The lowest BCUT2D eigenvalue weighted by Crippen LogP contribution is -2.18. The summed E-state index contributed by atoms with van der Waals surface area (Å²) in [6.07, 6.45) is 0.0411. The van der Waals surface area contributed by atoms with Crippen molar-refractivity contribution in [2.75, 3.05) is 13.2 Å². The predicted molar refractivity (Wildman–Crippen MR) is 58.8 cm³/mol. The summed E-state index contributed by atoms with van der Waals surface area (Å²) in [4.78, 5) is 0. The van der Waals surface area contributed by atoms with Gasteiger partial charge in [0.25, 0.3) is 0 Å². The predicted octanol–water partition coefficient (Wildman–Crippen LogP) is 2.45. The second-order valence-corrected chi connectivity index (χ2v) is 3.02. The summed E-state index contributed by atoms with van der Waals surface area (Å²) in [7, 11) is 0. The molecule has 0 aromatic rings. The SMILES string of the molecule is IOCC(COI)OI. The van der Waals surface area contributed by atoms with Crippen LogP contribution in [-0.2, 0) is 9.20 Å². The minimum atomic E-state index is 0.0411. The largest absolute Gasteiger partial charge is 0.313 e. The van der Waals surface area contributed by atoms with E-state index in [-0.39, 0.29) is 6.10 Å². The van der Waals surface area contributed by atoms with Gasteiger partial charge in [-0.15, -0.1) is 0 Å². The Hall–Kier alpha value is 2.07. The van der Waals surface area contributed by atoms with E-state index >= 15 is 0 Å². The van der Waals surface area contributed by atoms with Crippen molar-refractivity contribution < 1.29 is 9.20 Å². The van der Waals surface area contributed by atoms with Gasteiger partial charge in [-0.05, 0) is 0 Å². The molecule has 9 heavy (non-hydrogen) atoms. The monoisotopic (exact) mass is 470 g/mol. The van der Waals surface area contributed by atoms with Crippen LogP contribution in [0.3, 0.4) is 0 Å². The highest BCUT2D eigenvalue weighted by molar-refractivity contribution is 14.1. The van der Waals surface area contributed by atoms with E-state index in [2.05, 4.69) is 0 Å².